The monoisotopic (exact) mass is 260 g/mol. The van der Waals surface area contributed by atoms with Crippen LogP contribution in [0, 0.1) is 6.42 Å². The standard InChI is InChI=1S/C15H18NO3/c1-15(2,3)19-14(18)10-13(17)16-9-8-11-6-4-5-7-12(11)16/h4-7,10H,8-9H2,1-3H3. The Balaban J connectivity index is 2.01. The Labute approximate surface area is 113 Å². The van der Waals surface area contributed by atoms with E-state index in [1.165, 1.54) is 0 Å². The minimum absolute atomic E-state index is 0.320. The summed E-state index contributed by atoms with van der Waals surface area (Å²) < 4.78 is 5.11. The topological polar surface area (TPSA) is 46.6 Å². The van der Waals surface area contributed by atoms with E-state index >= 15 is 0 Å². The molecule has 0 atom stereocenters. The minimum atomic E-state index is -0.595. The zero-order valence-corrected chi connectivity index (χ0v) is 11.5. The fraction of sp³-hybridized carbons (Fsp3) is 0.400. The SMILES string of the molecule is CC(C)(C)OC(=O)[CH]C(=O)N1CCc2ccccc21. The molecule has 4 heteroatoms. The van der Waals surface area contributed by atoms with Crippen LogP contribution < -0.4 is 4.90 Å². The average Bonchev–Trinajstić information content (AvgIpc) is 2.69. The van der Waals surface area contributed by atoms with Crippen LogP contribution in [0.3, 0.4) is 0 Å². The lowest BCUT2D eigenvalue weighted by molar-refractivity contribution is -0.151. The van der Waals surface area contributed by atoms with Gasteiger partial charge in [0.1, 0.15) is 5.60 Å². The predicted octanol–water partition coefficient (Wildman–Crippen LogP) is 2.12. The number of ether oxygens (including phenoxy) is 1. The summed E-state index contributed by atoms with van der Waals surface area (Å²) >= 11 is 0. The van der Waals surface area contributed by atoms with Crippen molar-refractivity contribution in [2.24, 2.45) is 0 Å². The van der Waals surface area contributed by atoms with Crippen molar-refractivity contribution < 1.29 is 14.3 Å². The number of anilines is 1. The summed E-state index contributed by atoms with van der Waals surface area (Å²) in [4.78, 5) is 25.3. The van der Waals surface area contributed by atoms with Crippen molar-refractivity contribution in [3.63, 3.8) is 0 Å². The molecule has 101 valence electrons. The predicted molar refractivity (Wildman–Crippen MR) is 72.6 cm³/mol. The Hall–Kier alpha value is -1.84. The van der Waals surface area contributed by atoms with Gasteiger partial charge in [-0.05, 0) is 38.8 Å². The van der Waals surface area contributed by atoms with Crippen LogP contribution in [0.5, 0.6) is 0 Å². The Bertz CT molecular complexity index is 502. The van der Waals surface area contributed by atoms with E-state index in [0.29, 0.717) is 6.54 Å². The van der Waals surface area contributed by atoms with Gasteiger partial charge in [0.15, 0.2) is 6.42 Å². The molecule has 1 radical (unpaired) electrons. The van der Waals surface area contributed by atoms with Crippen molar-refractivity contribution in [1.29, 1.82) is 0 Å². The second-order valence-corrected chi connectivity index (χ2v) is 5.55. The molecule has 1 aliphatic rings. The molecular weight excluding hydrogens is 242 g/mol. The first-order valence-electron chi connectivity index (χ1n) is 6.34. The summed E-state index contributed by atoms with van der Waals surface area (Å²) in [6.45, 7) is 5.93. The lowest BCUT2D eigenvalue weighted by Crippen LogP contribution is -2.34. The number of para-hydroxylation sites is 1. The third-order valence-electron chi connectivity index (χ3n) is 2.80. The normalized spacial score (nSPS) is 14.2. The molecule has 0 saturated heterocycles. The van der Waals surface area contributed by atoms with Crippen LogP contribution in [0.4, 0.5) is 5.69 Å². The molecule has 0 unspecified atom stereocenters. The second kappa shape index (κ2) is 5.03. The van der Waals surface area contributed by atoms with Crippen molar-refractivity contribution in [3.05, 3.63) is 36.2 Å². The molecule has 0 saturated carbocycles. The zero-order chi connectivity index (χ0) is 14.0. The molecule has 0 spiro atoms. The maximum absolute atomic E-state index is 12.1. The van der Waals surface area contributed by atoms with E-state index in [1.54, 1.807) is 25.7 Å². The largest absolute Gasteiger partial charge is 0.459 e. The summed E-state index contributed by atoms with van der Waals surface area (Å²) in [7, 11) is 0. The number of amides is 1. The minimum Gasteiger partial charge on any atom is -0.459 e. The Morgan fingerprint density at radius 3 is 2.63 bits per heavy atom. The van der Waals surface area contributed by atoms with Gasteiger partial charge in [-0.3, -0.25) is 9.59 Å². The van der Waals surface area contributed by atoms with E-state index in [1.807, 2.05) is 24.3 Å². The van der Waals surface area contributed by atoms with E-state index in [9.17, 15) is 9.59 Å². The Kier molecular flexibility index (Phi) is 3.60. The maximum Gasteiger partial charge on any atom is 0.320 e. The molecule has 0 fully saturated rings. The van der Waals surface area contributed by atoms with Crippen LogP contribution in [0.2, 0.25) is 0 Å². The van der Waals surface area contributed by atoms with Crippen LogP contribution in [0.1, 0.15) is 26.3 Å². The molecule has 0 aliphatic carbocycles. The molecular formula is C15H18NO3. The number of fused-ring (bicyclic) bond motifs is 1. The molecule has 2 rings (SSSR count). The molecule has 1 amide bonds. The third kappa shape index (κ3) is 3.34. The molecule has 1 heterocycles. The van der Waals surface area contributed by atoms with E-state index in [-0.39, 0.29) is 5.91 Å². The van der Waals surface area contributed by atoms with Gasteiger partial charge in [0.25, 0.3) is 0 Å². The lowest BCUT2D eigenvalue weighted by atomic mass is 10.2. The first-order valence-corrected chi connectivity index (χ1v) is 6.34. The molecule has 19 heavy (non-hydrogen) atoms. The summed E-state index contributed by atoms with van der Waals surface area (Å²) in [6.07, 6.45) is 1.84. The van der Waals surface area contributed by atoms with Gasteiger partial charge in [-0.15, -0.1) is 0 Å². The first-order chi connectivity index (χ1) is 8.87. The Morgan fingerprint density at radius 1 is 1.26 bits per heavy atom. The van der Waals surface area contributed by atoms with Gasteiger partial charge in [0, 0.05) is 12.2 Å². The number of nitrogens with zero attached hydrogens (tertiary/aromatic N) is 1. The van der Waals surface area contributed by atoms with Crippen molar-refractivity contribution in [3.8, 4) is 0 Å². The molecule has 0 aromatic heterocycles. The van der Waals surface area contributed by atoms with Crippen LogP contribution in [-0.2, 0) is 20.7 Å². The van der Waals surface area contributed by atoms with Crippen LogP contribution in [0.25, 0.3) is 0 Å². The van der Waals surface area contributed by atoms with Gasteiger partial charge in [0.05, 0.1) is 0 Å². The number of hydrogen-bond acceptors (Lipinski definition) is 3. The van der Waals surface area contributed by atoms with Crippen molar-refractivity contribution in [2.75, 3.05) is 11.4 Å². The van der Waals surface area contributed by atoms with Gasteiger partial charge in [0.2, 0.25) is 5.91 Å². The van der Waals surface area contributed by atoms with E-state index < -0.39 is 11.6 Å². The first kappa shape index (κ1) is 13.6. The molecule has 1 aromatic rings. The molecule has 4 nitrogen and oxygen atoms in total. The highest BCUT2D eigenvalue weighted by Gasteiger charge is 2.27. The summed E-state index contributed by atoms with van der Waals surface area (Å²) in [5, 5.41) is 0. The van der Waals surface area contributed by atoms with Crippen LogP contribution in [-0.4, -0.2) is 24.0 Å². The zero-order valence-electron chi connectivity index (χ0n) is 11.5. The quantitative estimate of drug-likeness (QED) is 0.604. The third-order valence-corrected chi connectivity index (χ3v) is 2.80. The number of hydrogen-bond donors (Lipinski definition) is 0. The van der Waals surface area contributed by atoms with Crippen LogP contribution in [0.15, 0.2) is 24.3 Å². The van der Waals surface area contributed by atoms with Crippen molar-refractivity contribution >= 4 is 17.6 Å². The molecule has 1 aromatic carbocycles. The van der Waals surface area contributed by atoms with Crippen molar-refractivity contribution in [2.45, 2.75) is 32.8 Å². The van der Waals surface area contributed by atoms with Gasteiger partial charge in [-0.2, -0.15) is 0 Å². The summed E-state index contributed by atoms with van der Waals surface area (Å²) in [5.41, 5.74) is 1.43. The second-order valence-electron chi connectivity index (χ2n) is 5.55. The van der Waals surface area contributed by atoms with Gasteiger partial charge >= 0.3 is 5.97 Å². The van der Waals surface area contributed by atoms with Gasteiger partial charge in [-0.25, -0.2) is 0 Å². The molecule has 0 bridgehead atoms. The maximum atomic E-state index is 12.1. The number of carbonyl (C=O) groups is 2. The number of benzene rings is 1. The average molecular weight is 260 g/mol. The Morgan fingerprint density at radius 2 is 1.95 bits per heavy atom. The summed E-state index contributed by atoms with van der Waals surface area (Å²) in [6, 6.07) is 7.72. The fourth-order valence-electron chi connectivity index (χ4n) is 2.08. The number of rotatable bonds is 2. The van der Waals surface area contributed by atoms with E-state index in [0.717, 1.165) is 24.1 Å². The smallest absolute Gasteiger partial charge is 0.320 e. The molecule has 0 N–H and O–H groups in total. The van der Waals surface area contributed by atoms with Gasteiger partial charge in [-0.1, -0.05) is 18.2 Å². The van der Waals surface area contributed by atoms with E-state index in [2.05, 4.69) is 0 Å². The van der Waals surface area contributed by atoms with E-state index in [4.69, 9.17) is 4.74 Å². The van der Waals surface area contributed by atoms with Crippen molar-refractivity contribution in [1.82, 2.24) is 0 Å². The number of carbonyl (C=O) groups excluding carboxylic acids is 2. The lowest BCUT2D eigenvalue weighted by Gasteiger charge is -2.21. The van der Waals surface area contributed by atoms with Gasteiger partial charge < -0.3 is 9.64 Å². The van der Waals surface area contributed by atoms with Crippen LogP contribution >= 0.6 is 0 Å². The number of esters is 1. The highest BCUT2D eigenvalue weighted by atomic mass is 16.6. The summed E-state index contributed by atoms with van der Waals surface area (Å²) in [5.74, 6) is -0.916. The fourth-order valence-corrected chi connectivity index (χ4v) is 2.08. The molecule has 1 aliphatic heterocycles. The highest BCUT2D eigenvalue weighted by molar-refractivity contribution is 6.13. The highest BCUT2D eigenvalue weighted by Crippen LogP contribution is 2.27.